The zero-order chi connectivity index (χ0) is 10.1. The summed E-state index contributed by atoms with van der Waals surface area (Å²) in [6.45, 7) is 1.88. The van der Waals surface area contributed by atoms with E-state index < -0.39 is 10.0 Å². The summed E-state index contributed by atoms with van der Waals surface area (Å²) in [5.74, 6) is 0. The van der Waals surface area contributed by atoms with E-state index in [0.29, 0.717) is 5.69 Å². The van der Waals surface area contributed by atoms with Gasteiger partial charge in [0.25, 0.3) is 0 Å². The maximum absolute atomic E-state index is 11.1. The molecule has 0 aliphatic heterocycles. The van der Waals surface area contributed by atoms with E-state index in [0.717, 1.165) is 5.56 Å². The van der Waals surface area contributed by atoms with Crippen molar-refractivity contribution >= 4 is 15.7 Å². The lowest BCUT2D eigenvalue weighted by atomic mass is 10.2. The first kappa shape index (κ1) is 10.0. The Morgan fingerprint density at radius 2 is 2.00 bits per heavy atom. The van der Waals surface area contributed by atoms with Crippen LogP contribution in [0.2, 0.25) is 0 Å². The molecule has 13 heavy (non-hydrogen) atoms. The summed E-state index contributed by atoms with van der Waals surface area (Å²) in [7, 11) is -1.97. The third-order valence-electron chi connectivity index (χ3n) is 1.71. The summed E-state index contributed by atoms with van der Waals surface area (Å²) in [4.78, 5) is 0.126. The van der Waals surface area contributed by atoms with Crippen LogP contribution >= 0.6 is 0 Å². The molecule has 0 aliphatic rings. The van der Waals surface area contributed by atoms with E-state index in [1.54, 1.807) is 19.2 Å². The number of nitrogens with two attached hydrogens (primary N) is 1. The molecule has 0 atom stereocenters. The number of hydrogen-bond donors (Lipinski definition) is 2. The standard InChI is InChI=1S/C8H12N2O2S/c1-6-3-4-8(13(9,11)12)7(5-6)10-2/h3-5,10H,1-2H3,(H2,9,11,12). The van der Waals surface area contributed by atoms with Gasteiger partial charge in [-0.25, -0.2) is 13.6 Å². The number of primary sulfonamides is 1. The Bertz CT molecular complexity index is 412. The van der Waals surface area contributed by atoms with E-state index in [1.165, 1.54) is 6.07 Å². The lowest BCUT2D eigenvalue weighted by Gasteiger charge is -2.07. The minimum Gasteiger partial charge on any atom is -0.387 e. The number of rotatable bonds is 2. The average molecular weight is 200 g/mol. The first-order chi connectivity index (χ1) is 5.95. The highest BCUT2D eigenvalue weighted by Gasteiger charge is 2.12. The molecule has 0 bridgehead atoms. The third-order valence-corrected chi connectivity index (χ3v) is 2.68. The normalized spacial score (nSPS) is 11.3. The van der Waals surface area contributed by atoms with Crippen molar-refractivity contribution in [1.82, 2.24) is 0 Å². The molecule has 0 amide bonds. The number of anilines is 1. The van der Waals surface area contributed by atoms with E-state index in [2.05, 4.69) is 5.32 Å². The molecule has 4 nitrogen and oxygen atoms in total. The maximum Gasteiger partial charge on any atom is 0.240 e. The van der Waals surface area contributed by atoms with Crippen LogP contribution in [0.4, 0.5) is 5.69 Å². The molecular formula is C8H12N2O2S. The molecule has 0 spiro atoms. The van der Waals surface area contributed by atoms with Crippen LogP contribution < -0.4 is 10.5 Å². The second-order valence-corrected chi connectivity index (χ2v) is 4.32. The highest BCUT2D eigenvalue weighted by Crippen LogP contribution is 2.20. The van der Waals surface area contributed by atoms with Gasteiger partial charge in [0.1, 0.15) is 4.90 Å². The summed E-state index contributed by atoms with van der Waals surface area (Å²) in [6.07, 6.45) is 0. The second-order valence-electron chi connectivity index (χ2n) is 2.79. The van der Waals surface area contributed by atoms with Crippen molar-refractivity contribution in [3.63, 3.8) is 0 Å². The molecule has 0 saturated carbocycles. The van der Waals surface area contributed by atoms with Gasteiger partial charge in [-0.3, -0.25) is 0 Å². The van der Waals surface area contributed by atoms with Gasteiger partial charge in [0.15, 0.2) is 0 Å². The Labute approximate surface area is 77.8 Å². The number of aryl methyl sites for hydroxylation is 1. The van der Waals surface area contributed by atoms with E-state index in [4.69, 9.17) is 5.14 Å². The molecule has 0 aromatic heterocycles. The van der Waals surface area contributed by atoms with Crippen LogP contribution in [0.15, 0.2) is 23.1 Å². The summed E-state index contributed by atoms with van der Waals surface area (Å²) in [5.41, 5.74) is 1.51. The molecule has 1 rings (SSSR count). The summed E-state index contributed by atoms with van der Waals surface area (Å²) < 4.78 is 22.1. The molecule has 72 valence electrons. The largest absolute Gasteiger partial charge is 0.387 e. The quantitative estimate of drug-likeness (QED) is 0.737. The van der Waals surface area contributed by atoms with E-state index in [1.807, 2.05) is 6.92 Å². The number of hydrogen-bond acceptors (Lipinski definition) is 3. The Balaban J connectivity index is 3.39. The van der Waals surface area contributed by atoms with Gasteiger partial charge >= 0.3 is 0 Å². The number of sulfonamides is 1. The Hall–Kier alpha value is -1.07. The van der Waals surface area contributed by atoms with Gasteiger partial charge < -0.3 is 5.32 Å². The highest BCUT2D eigenvalue weighted by molar-refractivity contribution is 7.89. The van der Waals surface area contributed by atoms with Crippen LogP contribution in [-0.2, 0) is 10.0 Å². The molecule has 0 aliphatic carbocycles. The molecule has 1 aromatic rings. The van der Waals surface area contributed by atoms with Gasteiger partial charge in [-0.05, 0) is 24.6 Å². The van der Waals surface area contributed by atoms with Gasteiger partial charge in [-0.2, -0.15) is 0 Å². The fourth-order valence-electron chi connectivity index (χ4n) is 1.09. The van der Waals surface area contributed by atoms with Crippen molar-refractivity contribution in [3.05, 3.63) is 23.8 Å². The zero-order valence-electron chi connectivity index (χ0n) is 7.53. The molecular weight excluding hydrogens is 188 g/mol. The topological polar surface area (TPSA) is 72.2 Å². The van der Waals surface area contributed by atoms with Gasteiger partial charge in [0.05, 0.1) is 5.69 Å². The summed E-state index contributed by atoms with van der Waals surface area (Å²) in [5, 5.41) is 7.80. The molecule has 0 radical (unpaired) electrons. The van der Waals surface area contributed by atoms with Crippen LogP contribution in [0, 0.1) is 6.92 Å². The van der Waals surface area contributed by atoms with Gasteiger partial charge in [-0.1, -0.05) is 6.07 Å². The summed E-state index contributed by atoms with van der Waals surface area (Å²) >= 11 is 0. The maximum atomic E-state index is 11.1. The van der Waals surface area contributed by atoms with E-state index >= 15 is 0 Å². The fourth-order valence-corrected chi connectivity index (χ4v) is 1.81. The average Bonchev–Trinajstić information content (AvgIpc) is 2.01. The SMILES string of the molecule is CNc1cc(C)ccc1S(N)(=O)=O. The summed E-state index contributed by atoms with van der Waals surface area (Å²) in [6, 6.07) is 4.94. The van der Waals surface area contributed by atoms with Crippen molar-refractivity contribution < 1.29 is 8.42 Å². The molecule has 1 aromatic carbocycles. The van der Waals surface area contributed by atoms with E-state index in [9.17, 15) is 8.42 Å². The van der Waals surface area contributed by atoms with Crippen molar-refractivity contribution in [3.8, 4) is 0 Å². The molecule has 0 unspecified atom stereocenters. The second kappa shape index (κ2) is 3.35. The molecule has 0 fully saturated rings. The van der Waals surface area contributed by atoms with Gasteiger partial charge in [-0.15, -0.1) is 0 Å². The zero-order valence-corrected chi connectivity index (χ0v) is 8.35. The Morgan fingerprint density at radius 3 is 2.46 bits per heavy atom. The van der Waals surface area contributed by atoms with Crippen LogP contribution in [0.1, 0.15) is 5.56 Å². The molecule has 5 heteroatoms. The minimum absolute atomic E-state index is 0.126. The lowest BCUT2D eigenvalue weighted by Crippen LogP contribution is -2.14. The third kappa shape index (κ3) is 2.19. The van der Waals surface area contributed by atoms with Gasteiger partial charge in [0.2, 0.25) is 10.0 Å². The van der Waals surface area contributed by atoms with Crippen molar-refractivity contribution in [2.75, 3.05) is 12.4 Å². The monoisotopic (exact) mass is 200 g/mol. The van der Waals surface area contributed by atoms with Crippen LogP contribution in [0.25, 0.3) is 0 Å². The number of nitrogens with one attached hydrogen (secondary N) is 1. The van der Waals surface area contributed by atoms with E-state index in [-0.39, 0.29) is 4.90 Å². The fraction of sp³-hybridized carbons (Fsp3) is 0.250. The van der Waals surface area contributed by atoms with Crippen LogP contribution in [-0.4, -0.2) is 15.5 Å². The molecule has 3 N–H and O–H groups in total. The van der Waals surface area contributed by atoms with Gasteiger partial charge in [0, 0.05) is 7.05 Å². The molecule has 0 heterocycles. The van der Waals surface area contributed by atoms with Crippen LogP contribution in [0.3, 0.4) is 0 Å². The van der Waals surface area contributed by atoms with Crippen molar-refractivity contribution in [2.45, 2.75) is 11.8 Å². The predicted molar refractivity (Wildman–Crippen MR) is 52.1 cm³/mol. The number of benzene rings is 1. The Kier molecular flexibility index (Phi) is 2.58. The van der Waals surface area contributed by atoms with Crippen LogP contribution in [0.5, 0.6) is 0 Å². The van der Waals surface area contributed by atoms with Crippen molar-refractivity contribution in [1.29, 1.82) is 0 Å². The first-order valence-electron chi connectivity index (χ1n) is 3.76. The highest BCUT2D eigenvalue weighted by atomic mass is 32.2. The lowest BCUT2D eigenvalue weighted by molar-refractivity contribution is 0.598. The Morgan fingerprint density at radius 1 is 1.38 bits per heavy atom. The minimum atomic E-state index is -3.62. The predicted octanol–water partition coefficient (Wildman–Crippen LogP) is 0.684. The smallest absolute Gasteiger partial charge is 0.240 e. The molecule has 0 saturated heterocycles. The first-order valence-corrected chi connectivity index (χ1v) is 5.31. The van der Waals surface area contributed by atoms with Crippen molar-refractivity contribution in [2.24, 2.45) is 5.14 Å².